The van der Waals surface area contributed by atoms with Crippen LogP contribution in [-0.4, -0.2) is 69.4 Å². The average molecular weight is 537 g/mol. The Kier molecular flexibility index (Phi) is 8.26. The Hall–Kier alpha value is -3.40. The van der Waals surface area contributed by atoms with Gasteiger partial charge in [-0.2, -0.15) is 4.98 Å². The van der Waals surface area contributed by atoms with Gasteiger partial charge in [-0.05, 0) is 49.9 Å². The highest BCUT2D eigenvalue weighted by atomic mass is 35.5. The van der Waals surface area contributed by atoms with Gasteiger partial charge >= 0.3 is 0 Å². The number of ether oxygens (including phenoxy) is 1. The molecular formula is C28H33ClN6O3. The Morgan fingerprint density at radius 3 is 2.87 bits per heavy atom. The van der Waals surface area contributed by atoms with Gasteiger partial charge in [-0.15, -0.1) is 0 Å². The zero-order valence-electron chi connectivity index (χ0n) is 21.4. The van der Waals surface area contributed by atoms with Gasteiger partial charge in [0, 0.05) is 54.0 Å². The van der Waals surface area contributed by atoms with Crippen molar-refractivity contribution in [3.63, 3.8) is 0 Å². The number of nitrogens with one attached hydrogen (secondary N) is 2. The number of hydrogen-bond donors (Lipinski definition) is 3. The van der Waals surface area contributed by atoms with Crippen LogP contribution in [0.1, 0.15) is 46.8 Å². The first kappa shape index (κ1) is 26.2. The highest BCUT2D eigenvalue weighted by Gasteiger charge is 2.21. The molecule has 2 atom stereocenters. The molecule has 5 rings (SSSR count). The Bertz CT molecular complexity index is 1300. The minimum atomic E-state index is -0.561. The van der Waals surface area contributed by atoms with E-state index in [0.29, 0.717) is 22.4 Å². The second-order valence-corrected chi connectivity index (χ2v) is 10.1. The Morgan fingerprint density at radius 2 is 2.13 bits per heavy atom. The molecule has 3 N–H and O–H groups in total. The van der Waals surface area contributed by atoms with Crippen molar-refractivity contribution in [3.05, 3.63) is 82.4 Å². The van der Waals surface area contributed by atoms with Crippen LogP contribution in [-0.2, 0) is 4.74 Å². The van der Waals surface area contributed by atoms with E-state index in [0.717, 1.165) is 56.7 Å². The van der Waals surface area contributed by atoms with E-state index in [-0.39, 0.29) is 18.6 Å². The molecule has 9 nitrogen and oxygen atoms in total. The van der Waals surface area contributed by atoms with E-state index in [2.05, 4.69) is 26.6 Å². The summed E-state index contributed by atoms with van der Waals surface area (Å²) in [5.74, 6) is 0.980. The number of carbonyl (C=O) groups excluding carboxylic acids is 1. The van der Waals surface area contributed by atoms with E-state index in [1.54, 1.807) is 42.9 Å². The third-order valence-electron chi connectivity index (χ3n) is 7.02. The third kappa shape index (κ3) is 6.18. The number of halogens is 1. The number of benzene rings is 1. The van der Waals surface area contributed by atoms with Crippen molar-refractivity contribution in [1.29, 1.82) is 0 Å². The van der Waals surface area contributed by atoms with E-state index < -0.39 is 6.04 Å². The number of rotatable bonds is 8. The van der Waals surface area contributed by atoms with Crippen LogP contribution in [0.25, 0.3) is 5.82 Å². The maximum atomic E-state index is 12.9. The summed E-state index contributed by atoms with van der Waals surface area (Å²) >= 11 is 6.07. The Morgan fingerprint density at radius 1 is 1.29 bits per heavy atom. The largest absolute Gasteiger partial charge is 0.394 e. The minimum Gasteiger partial charge on any atom is -0.394 e. The molecule has 10 heteroatoms. The lowest BCUT2D eigenvalue weighted by molar-refractivity contribution is 0.0511. The van der Waals surface area contributed by atoms with Crippen LogP contribution in [0.4, 0.5) is 5.95 Å². The standard InChI is InChI=1S/C28H33ClN6O3/c1-19-16-30-28(31-23-5-7-24(8-6-23)34-11-13-38-14-12-34)33-26(19)35-10-9-21(17-35)27(37)32-25(18-36)20-3-2-4-22(29)15-20/h2-4,7,9-10,15-17,23,25,36H,5-6,8,11-14,18H2,1H3,(H,32,37)(H,30,31,33). The van der Waals surface area contributed by atoms with Gasteiger partial charge in [-0.25, -0.2) is 4.98 Å². The molecule has 1 saturated heterocycles. The fourth-order valence-electron chi connectivity index (χ4n) is 4.90. The molecule has 1 aliphatic heterocycles. The minimum absolute atomic E-state index is 0.239. The molecule has 3 aromatic rings. The second-order valence-electron chi connectivity index (χ2n) is 9.68. The van der Waals surface area contributed by atoms with Crippen LogP contribution >= 0.6 is 11.6 Å². The van der Waals surface area contributed by atoms with Gasteiger partial charge in [0.25, 0.3) is 5.91 Å². The molecule has 3 heterocycles. The summed E-state index contributed by atoms with van der Waals surface area (Å²) in [4.78, 5) is 24.6. The van der Waals surface area contributed by atoms with E-state index in [9.17, 15) is 9.90 Å². The zero-order valence-corrected chi connectivity index (χ0v) is 22.2. The maximum absolute atomic E-state index is 12.9. The molecule has 1 aliphatic carbocycles. The molecule has 2 aliphatic rings. The van der Waals surface area contributed by atoms with E-state index in [1.807, 2.05) is 17.6 Å². The summed E-state index contributed by atoms with van der Waals surface area (Å²) in [5.41, 5.74) is 3.51. The number of amides is 1. The van der Waals surface area contributed by atoms with Crippen molar-refractivity contribution >= 4 is 23.5 Å². The summed E-state index contributed by atoms with van der Waals surface area (Å²) < 4.78 is 7.29. The van der Waals surface area contributed by atoms with Gasteiger partial charge in [0.15, 0.2) is 0 Å². The second kappa shape index (κ2) is 12.0. The lowest BCUT2D eigenvalue weighted by Gasteiger charge is -2.34. The molecule has 0 spiro atoms. The average Bonchev–Trinajstić information content (AvgIpc) is 3.44. The van der Waals surface area contributed by atoms with Crippen molar-refractivity contribution in [2.24, 2.45) is 0 Å². The number of nitrogens with zero attached hydrogens (tertiary/aromatic N) is 4. The van der Waals surface area contributed by atoms with Gasteiger partial charge < -0.3 is 29.9 Å². The summed E-state index contributed by atoms with van der Waals surface area (Å²) in [6.45, 7) is 5.23. The van der Waals surface area contributed by atoms with Crippen molar-refractivity contribution in [2.45, 2.75) is 38.3 Å². The van der Waals surface area contributed by atoms with E-state index >= 15 is 0 Å². The number of aromatic nitrogens is 3. The van der Waals surface area contributed by atoms with Gasteiger partial charge in [-0.1, -0.05) is 29.8 Å². The van der Waals surface area contributed by atoms with Crippen molar-refractivity contribution in [1.82, 2.24) is 24.8 Å². The van der Waals surface area contributed by atoms with Crippen molar-refractivity contribution < 1.29 is 14.6 Å². The lowest BCUT2D eigenvalue weighted by Crippen LogP contribution is -2.37. The van der Waals surface area contributed by atoms with Crippen LogP contribution in [0, 0.1) is 6.92 Å². The molecule has 1 fully saturated rings. The number of aliphatic hydroxyl groups is 1. The molecule has 200 valence electrons. The normalized spacial score (nSPS) is 18.6. The summed E-state index contributed by atoms with van der Waals surface area (Å²) in [5, 5.41) is 16.7. The molecule has 0 radical (unpaired) electrons. The first-order chi connectivity index (χ1) is 18.5. The van der Waals surface area contributed by atoms with Gasteiger partial charge in [0.1, 0.15) is 5.82 Å². The Balaban J connectivity index is 1.24. The van der Waals surface area contributed by atoms with Gasteiger partial charge in [-0.3, -0.25) is 4.79 Å². The molecule has 1 aromatic carbocycles. The monoisotopic (exact) mass is 536 g/mol. The smallest absolute Gasteiger partial charge is 0.253 e. The number of aliphatic hydroxyl groups excluding tert-OH is 1. The van der Waals surface area contributed by atoms with Crippen LogP contribution < -0.4 is 10.6 Å². The van der Waals surface area contributed by atoms with Crippen LogP contribution in [0.3, 0.4) is 0 Å². The summed E-state index contributed by atoms with van der Waals surface area (Å²) in [6.07, 6.45) is 10.6. The number of allylic oxidation sites excluding steroid dienone is 1. The van der Waals surface area contributed by atoms with Crippen molar-refractivity contribution in [3.8, 4) is 5.82 Å². The van der Waals surface area contributed by atoms with Crippen molar-refractivity contribution in [2.75, 3.05) is 38.2 Å². The molecular weight excluding hydrogens is 504 g/mol. The van der Waals surface area contributed by atoms with Gasteiger partial charge in [0.2, 0.25) is 5.95 Å². The number of morpholine rings is 1. The molecule has 2 aromatic heterocycles. The molecule has 0 saturated carbocycles. The highest BCUT2D eigenvalue weighted by molar-refractivity contribution is 6.30. The molecule has 38 heavy (non-hydrogen) atoms. The highest BCUT2D eigenvalue weighted by Crippen LogP contribution is 2.25. The van der Waals surface area contributed by atoms with Gasteiger partial charge in [0.05, 0.1) is 31.4 Å². The molecule has 1 amide bonds. The molecule has 2 unspecified atom stereocenters. The SMILES string of the molecule is Cc1cnc(NC2CC=C(N3CCOCC3)CC2)nc1-n1ccc(C(=O)NC(CO)c2cccc(Cl)c2)c1. The molecule has 0 bridgehead atoms. The predicted molar refractivity (Wildman–Crippen MR) is 147 cm³/mol. The first-order valence-corrected chi connectivity index (χ1v) is 13.4. The predicted octanol–water partition coefficient (Wildman–Crippen LogP) is 3.87. The van der Waals surface area contributed by atoms with Crippen LogP contribution in [0.15, 0.2) is 60.7 Å². The fraction of sp³-hybridized carbons (Fsp3) is 0.393. The number of anilines is 1. The quantitative estimate of drug-likeness (QED) is 0.401. The first-order valence-electron chi connectivity index (χ1n) is 13.0. The lowest BCUT2D eigenvalue weighted by atomic mass is 9.98. The summed E-state index contributed by atoms with van der Waals surface area (Å²) in [6, 6.07) is 8.54. The number of hydrogen-bond acceptors (Lipinski definition) is 7. The van der Waals surface area contributed by atoms with E-state index in [1.165, 1.54) is 5.70 Å². The topological polar surface area (TPSA) is 105 Å². The van der Waals surface area contributed by atoms with Crippen LogP contribution in [0.2, 0.25) is 5.02 Å². The number of aryl methyl sites for hydroxylation is 1. The summed E-state index contributed by atoms with van der Waals surface area (Å²) in [7, 11) is 0. The zero-order chi connectivity index (χ0) is 26.5. The maximum Gasteiger partial charge on any atom is 0.253 e. The number of carbonyl (C=O) groups is 1. The fourth-order valence-corrected chi connectivity index (χ4v) is 5.10. The van der Waals surface area contributed by atoms with E-state index in [4.69, 9.17) is 21.3 Å². The third-order valence-corrected chi connectivity index (χ3v) is 7.26. The Labute approximate surface area is 227 Å². The van der Waals surface area contributed by atoms with Crippen LogP contribution in [0.5, 0.6) is 0 Å².